The Morgan fingerprint density at radius 1 is 0.681 bits per heavy atom. The van der Waals surface area contributed by atoms with Crippen LogP contribution in [0.5, 0.6) is 0 Å². The highest BCUT2D eigenvalue weighted by molar-refractivity contribution is 7.47. The Kier molecular flexibility index (Phi) is 29.9. The van der Waals surface area contributed by atoms with Gasteiger partial charge in [0.15, 0.2) is 6.04 Å². The number of phosphoric ester groups is 1. The number of aliphatic hydroxyl groups excluding tert-OH is 1. The molecule has 0 aliphatic carbocycles. The maximum atomic E-state index is 12.2. The summed E-state index contributed by atoms with van der Waals surface area (Å²) in [5.41, 5.74) is 0. The molecule has 3 atom stereocenters. The van der Waals surface area contributed by atoms with Crippen molar-refractivity contribution < 1.29 is 47.8 Å². The predicted octanol–water partition coefficient (Wildman–Crippen LogP) is 7.94. The maximum Gasteiger partial charge on any atom is 0.472 e. The van der Waals surface area contributed by atoms with Gasteiger partial charge in [0.25, 0.3) is 0 Å². The van der Waals surface area contributed by atoms with E-state index >= 15 is 0 Å². The van der Waals surface area contributed by atoms with Crippen molar-refractivity contribution in [1.29, 1.82) is 0 Å². The Balaban J connectivity index is 4.03. The van der Waals surface area contributed by atoms with Gasteiger partial charge in [-0.1, -0.05) is 115 Å². The zero-order valence-electron chi connectivity index (χ0n) is 29.1. The molecule has 0 fully saturated rings. The van der Waals surface area contributed by atoms with Gasteiger partial charge in [0, 0.05) is 12.8 Å². The van der Waals surface area contributed by atoms with Crippen LogP contribution < -0.4 is 5.32 Å². The summed E-state index contributed by atoms with van der Waals surface area (Å²) in [4.78, 5) is 45.5. The lowest BCUT2D eigenvalue weighted by Gasteiger charge is -2.18. The van der Waals surface area contributed by atoms with Crippen molar-refractivity contribution in [2.45, 2.75) is 161 Å². The van der Waals surface area contributed by atoms with Crippen LogP contribution in [0, 0.1) is 0 Å². The molecule has 0 aliphatic rings. The van der Waals surface area contributed by atoms with Crippen LogP contribution in [0.3, 0.4) is 0 Å². The second-order valence-electron chi connectivity index (χ2n) is 12.1. The van der Waals surface area contributed by atoms with Crippen LogP contribution in [-0.2, 0) is 32.7 Å². The second kappa shape index (κ2) is 31.2. The Morgan fingerprint density at radius 3 is 1.77 bits per heavy atom. The maximum absolute atomic E-state index is 12.2. The molecule has 1 amide bonds. The van der Waals surface area contributed by atoms with E-state index in [9.17, 15) is 34.1 Å². The molecule has 0 saturated carbocycles. The van der Waals surface area contributed by atoms with Crippen molar-refractivity contribution in [3.05, 3.63) is 24.3 Å². The monoisotopic (exact) mass is 689 g/mol. The summed E-state index contributed by atoms with van der Waals surface area (Å²) in [7, 11) is -4.74. The summed E-state index contributed by atoms with van der Waals surface area (Å²) in [5.74, 6) is -2.40. The number of phosphoric acid groups is 1. The van der Waals surface area contributed by atoms with Crippen molar-refractivity contribution in [2.75, 3.05) is 19.8 Å². The molecule has 274 valence electrons. The van der Waals surface area contributed by atoms with Crippen LogP contribution >= 0.6 is 7.82 Å². The largest absolute Gasteiger partial charge is 0.480 e. The molecule has 0 spiro atoms. The fraction of sp³-hybridized carbons (Fsp3) is 0.800. The lowest BCUT2D eigenvalue weighted by Crippen LogP contribution is -2.43. The zero-order valence-corrected chi connectivity index (χ0v) is 30.0. The fourth-order valence-corrected chi connectivity index (χ4v) is 5.41. The van der Waals surface area contributed by atoms with Gasteiger partial charge in [-0.25, -0.2) is 9.36 Å². The van der Waals surface area contributed by atoms with E-state index in [1.807, 2.05) is 0 Å². The minimum atomic E-state index is -4.74. The van der Waals surface area contributed by atoms with Gasteiger partial charge >= 0.3 is 19.8 Å². The van der Waals surface area contributed by atoms with Crippen LogP contribution in [0.1, 0.15) is 149 Å². The number of carboxylic acids is 1. The van der Waals surface area contributed by atoms with Crippen molar-refractivity contribution in [2.24, 2.45) is 0 Å². The number of aliphatic carboxylic acids is 1. The van der Waals surface area contributed by atoms with Gasteiger partial charge < -0.3 is 25.2 Å². The number of unbranched alkanes of at least 4 members (excludes halogenated alkanes) is 15. The Labute approximate surface area is 283 Å². The first-order valence-corrected chi connectivity index (χ1v) is 19.4. The number of carboxylic acid groups (broad SMARTS) is 1. The number of rotatable bonds is 33. The Morgan fingerprint density at radius 2 is 1.17 bits per heavy atom. The summed E-state index contributed by atoms with van der Waals surface area (Å²) in [5, 5.41) is 21.6. The number of carbonyl (C=O) groups is 3. The highest BCUT2D eigenvalue weighted by atomic mass is 31.2. The number of aliphatic hydroxyl groups is 1. The van der Waals surface area contributed by atoms with Crippen molar-refractivity contribution in [3.63, 3.8) is 0 Å². The first-order valence-electron chi connectivity index (χ1n) is 17.9. The molecule has 3 unspecified atom stereocenters. The average Bonchev–Trinajstić information content (AvgIpc) is 3.04. The van der Waals surface area contributed by atoms with Crippen LogP contribution in [0.4, 0.5) is 0 Å². The summed E-state index contributed by atoms with van der Waals surface area (Å²) in [6.45, 7) is 2.48. The summed E-state index contributed by atoms with van der Waals surface area (Å²) in [6, 6.07) is -1.55. The fourth-order valence-electron chi connectivity index (χ4n) is 4.64. The molecule has 0 aromatic carbocycles. The van der Waals surface area contributed by atoms with Crippen molar-refractivity contribution >= 4 is 25.7 Å². The minimum absolute atomic E-state index is 0.130. The van der Waals surface area contributed by atoms with Gasteiger partial charge in [-0.2, -0.15) is 0 Å². The first-order chi connectivity index (χ1) is 22.6. The van der Waals surface area contributed by atoms with E-state index in [4.69, 9.17) is 13.8 Å². The van der Waals surface area contributed by atoms with E-state index in [2.05, 4.69) is 43.5 Å². The predicted molar refractivity (Wildman–Crippen MR) is 185 cm³/mol. The summed E-state index contributed by atoms with van der Waals surface area (Å²) >= 11 is 0. The molecule has 0 bridgehead atoms. The third kappa shape index (κ3) is 31.0. The molecule has 0 saturated heterocycles. The summed E-state index contributed by atoms with van der Waals surface area (Å²) < 4.78 is 26.6. The molecule has 0 aliphatic heterocycles. The number of hydrogen-bond donors (Lipinski definition) is 4. The third-order valence-electron chi connectivity index (χ3n) is 7.49. The molecule has 47 heavy (non-hydrogen) atoms. The number of hydrogen-bond acceptors (Lipinski definition) is 8. The molecular weight excluding hydrogens is 625 g/mol. The SMILES string of the molecule is CCCCC/C=C\C/C=C\CCCCCCCC(=O)NC(COP(=O)(O)OCC(O)COC(=O)CCCCCCCCCC)C(=O)O. The number of amides is 1. The van der Waals surface area contributed by atoms with Crippen LogP contribution in [-0.4, -0.2) is 64.9 Å². The lowest BCUT2D eigenvalue weighted by atomic mass is 10.1. The molecule has 4 N–H and O–H groups in total. The zero-order chi connectivity index (χ0) is 35.0. The second-order valence-corrected chi connectivity index (χ2v) is 13.5. The molecular formula is C35H64NO10P. The average molecular weight is 690 g/mol. The standard InChI is InChI=1S/C35H64NO10P/c1-3-5-7-9-11-13-14-15-16-17-18-19-20-22-24-26-33(38)36-32(35(40)41)30-46-47(42,43)45-29-31(37)28-44-34(39)27-25-23-21-12-10-8-6-4-2/h11,13,15-16,31-32,37H,3-10,12,14,17-30H2,1-2H3,(H,36,38)(H,40,41)(H,42,43)/b13-11-,16-15-. The van der Waals surface area contributed by atoms with Crippen molar-refractivity contribution in [1.82, 2.24) is 5.32 Å². The van der Waals surface area contributed by atoms with E-state index in [0.717, 1.165) is 64.2 Å². The van der Waals surface area contributed by atoms with Gasteiger partial charge in [0.05, 0.1) is 13.2 Å². The van der Waals surface area contributed by atoms with Gasteiger partial charge in [0.1, 0.15) is 12.7 Å². The van der Waals surface area contributed by atoms with E-state index in [0.29, 0.717) is 12.8 Å². The lowest BCUT2D eigenvalue weighted by molar-refractivity contribution is -0.147. The van der Waals surface area contributed by atoms with Gasteiger partial charge in [-0.15, -0.1) is 0 Å². The van der Waals surface area contributed by atoms with E-state index < -0.39 is 57.6 Å². The minimum Gasteiger partial charge on any atom is -0.480 e. The number of ether oxygens (including phenoxy) is 1. The smallest absolute Gasteiger partial charge is 0.472 e. The molecule has 11 nitrogen and oxygen atoms in total. The van der Waals surface area contributed by atoms with Gasteiger partial charge in [-0.3, -0.25) is 18.6 Å². The normalized spacial score (nSPS) is 14.3. The number of carbonyl (C=O) groups excluding carboxylic acids is 2. The number of nitrogens with one attached hydrogen (secondary N) is 1. The third-order valence-corrected chi connectivity index (χ3v) is 8.44. The molecule has 0 radical (unpaired) electrons. The van der Waals surface area contributed by atoms with Gasteiger partial charge in [-0.05, 0) is 44.9 Å². The Hall–Kier alpha value is -2.04. The molecule has 0 aromatic heterocycles. The van der Waals surface area contributed by atoms with Crippen LogP contribution in [0.2, 0.25) is 0 Å². The van der Waals surface area contributed by atoms with Gasteiger partial charge in [0.2, 0.25) is 5.91 Å². The van der Waals surface area contributed by atoms with E-state index in [1.54, 1.807) is 0 Å². The highest BCUT2D eigenvalue weighted by Gasteiger charge is 2.28. The molecule has 12 heteroatoms. The van der Waals surface area contributed by atoms with Crippen LogP contribution in [0.25, 0.3) is 0 Å². The topological polar surface area (TPSA) is 169 Å². The number of allylic oxidation sites excluding steroid dienone is 4. The quantitative estimate of drug-likeness (QED) is 0.0230. The van der Waals surface area contributed by atoms with Crippen molar-refractivity contribution in [3.8, 4) is 0 Å². The molecule has 0 aromatic rings. The van der Waals surface area contributed by atoms with E-state index in [-0.39, 0.29) is 12.8 Å². The number of esters is 1. The molecule has 0 heterocycles. The van der Waals surface area contributed by atoms with Crippen LogP contribution in [0.15, 0.2) is 24.3 Å². The summed E-state index contributed by atoms with van der Waals surface area (Å²) in [6.07, 6.45) is 28.0. The highest BCUT2D eigenvalue weighted by Crippen LogP contribution is 2.43. The molecule has 0 rings (SSSR count). The Bertz CT molecular complexity index is 911. The first kappa shape index (κ1) is 45.0. The van der Waals surface area contributed by atoms with E-state index in [1.165, 1.54) is 44.9 Å².